The maximum atomic E-state index is 11.6. The van der Waals surface area contributed by atoms with Gasteiger partial charge in [0.15, 0.2) is 0 Å². The van der Waals surface area contributed by atoms with Gasteiger partial charge in [-0.3, -0.25) is 9.35 Å². The van der Waals surface area contributed by atoms with Gasteiger partial charge in [0.25, 0.3) is 10.1 Å². The van der Waals surface area contributed by atoms with Crippen molar-refractivity contribution in [2.45, 2.75) is 11.8 Å². The molecule has 2 aromatic carbocycles. The van der Waals surface area contributed by atoms with E-state index in [9.17, 15) is 17.8 Å². The number of carbonyl (C=O) groups is 1. The van der Waals surface area contributed by atoms with E-state index in [1.807, 2.05) is 0 Å². The third kappa shape index (κ3) is 2.94. The molecule has 8 heteroatoms. The Bertz CT molecular complexity index is 834. The van der Waals surface area contributed by atoms with Crippen LogP contribution in [0.2, 0.25) is 0 Å². The first kappa shape index (κ1) is 15.6. The Morgan fingerprint density at radius 3 is 2.62 bits per heavy atom. The minimum Gasteiger partial charge on any atom is -0.397 e. The third-order valence-electron chi connectivity index (χ3n) is 3.03. The number of fused-ring (bicyclic) bond motifs is 1. The van der Waals surface area contributed by atoms with Crippen LogP contribution >= 0.6 is 11.6 Å². The second-order valence-corrected chi connectivity index (χ2v) is 6.12. The van der Waals surface area contributed by atoms with Gasteiger partial charge >= 0.3 is 0 Å². The molecule has 0 saturated carbocycles. The smallest absolute Gasteiger partial charge is 0.297 e. The van der Waals surface area contributed by atoms with Crippen LogP contribution < -0.4 is 11.1 Å². The van der Waals surface area contributed by atoms with Crippen molar-refractivity contribution in [3.63, 3.8) is 0 Å². The van der Waals surface area contributed by atoms with E-state index >= 15 is 0 Å². The largest absolute Gasteiger partial charge is 0.397 e. The zero-order chi connectivity index (χ0) is 15.8. The number of nitrogen functional groups attached to an aromatic ring is 1. The van der Waals surface area contributed by atoms with Crippen LogP contribution in [-0.4, -0.2) is 24.8 Å². The van der Waals surface area contributed by atoms with E-state index in [0.29, 0.717) is 16.6 Å². The highest BCUT2D eigenvalue weighted by Gasteiger charge is 2.21. The molecule has 0 aromatic heterocycles. The van der Waals surface area contributed by atoms with E-state index in [1.54, 1.807) is 25.1 Å². The molecule has 0 fully saturated rings. The maximum absolute atomic E-state index is 11.6. The van der Waals surface area contributed by atoms with E-state index in [0.717, 1.165) is 0 Å². The number of alkyl halides is 1. The molecule has 0 unspecified atom stereocenters. The van der Waals surface area contributed by atoms with Crippen LogP contribution in [0.4, 0.5) is 11.4 Å². The summed E-state index contributed by atoms with van der Waals surface area (Å²) in [5.41, 5.74) is 6.61. The van der Waals surface area contributed by atoms with Crippen LogP contribution in [0.5, 0.6) is 0 Å². The average molecular weight is 329 g/mol. The summed E-state index contributed by atoms with van der Waals surface area (Å²) in [7, 11) is -4.50. The Hall–Kier alpha value is -1.83. The molecule has 0 bridgehead atoms. The molecule has 2 rings (SSSR count). The highest BCUT2D eigenvalue weighted by Crippen LogP contribution is 2.35. The van der Waals surface area contributed by atoms with Gasteiger partial charge in [0.1, 0.15) is 10.8 Å². The van der Waals surface area contributed by atoms with Gasteiger partial charge in [-0.25, -0.2) is 0 Å². The van der Waals surface area contributed by atoms with Gasteiger partial charge in [0, 0.05) is 16.5 Å². The minimum atomic E-state index is -4.50. The van der Waals surface area contributed by atoms with Gasteiger partial charge < -0.3 is 11.1 Å². The summed E-state index contributed by atoms with van der Waals surface area (Å²) in [5.74, 6) is -0.651. The molecule has 0 aliphatic rings. The lowest BCUT2D eigenvalue weighted by Crippen LogP contribution is -2.13. The van der Waals surface area contributed by atoms with E-state index in [-0.39, 0.29) is 21.8 Å². The van der Waals surface area contributed by atoms with Crippen molar-refractivity contribution in [3.05, 3.63) is 29.8 Å². The lowest BCUT2D eigenvalue weighted by atomic mass is 10.0. The van der Waals surface area contributed by atoms with Crippen molar-refractivity contribution in [2.24, 2.45) is 0 Å². The normalized spacial score (nSPS) is 11.6. The highest BCUT2D eigenvalue weighted by molar-refractivity contribution is 7.86. The molecule has 0 saturated heterocycles. The molecule has 0 aliphatic carbocycles. The van der Waals surface area contributed by atoms with Crippen LogP contribution in [0, 0.1) is 6.92 Å². The molecule has 4 N–H and O–H groups in total. The zero-order valence-corrected chi connectivity index (χ0v) is 12.6. The topological polar surface area (TPSA) is 109 Å². The fourth-order valence-corrected chi connectivity index (χ4v) is 3.07. The first-order valence-electron chi connectivity index (χ1n) is 5.91. The van der Waals surface area contributed by atoms with E-state index in [2.05, 4.69) is 5.32 Å². The molecule has 1 amide bonds. The molecule has 0 aliphatic heterocycles. The van der Waals surface area contributed by atoms with Crippen molar-refractivity contribution in [1.29, 1.82) is 0 Å². The molecule has 0 radical (unpaired) electrons. The van der Waals surface area contributed by atoms with Gasteiger partial charge in [-0.2, -0.15) is 8.42 Å². The minimum absolute atomic E-state index is 0.0224. The molecule has 0 spiro atoms. The fourth-order valence-electron chi connectivity index (χ4n) is 2.11. The molecule has 21 heavy (non-hydrogen) atoms. The quantitative estimate of drug-likeness (QED) is 0.454. The van der Waals surface area contributed by atoms with Crippen LogP contribution in [-0.2, 0) is 14.9 Å². The van der Waals surface area contributed by atoms with Gasteiger partial charge in [-0.1, -0.05) is 12.1 Å². The summed E-state index contributed by atoms with van der Waals surface area (Å²) < 4.78 is 32.5. The number of carbonyl (C=O) groups excluding carboxylic acids is 1. The van der Waals surface area contributed by atoms with Crippen molar-refractivity contribution in [3.8, 4) is 0 Å². The van der Waals surface area contributed by atoms with Gasteiger partial charge in [0.05, 0.1) is 5.69 Å². The van der Waals surface area contributed by atoms with Crippen LogP contribution in [0.15, 0.2) is 29.2 Å². The summed E-state index contributed by atoms with van der Waals surface area (Å²) in [6.07, 6.45) is 0. The van der Waals surface area contributed by atoms with E-state index < -0.39 is 16.0 Å². The molecule has 2 aromatic rings. The van der Waals surface area contributed by atoms with Crippen molar-refractivity contribution < 1.29 is 17.8 Å². The Morgan fingerprint density at radius 1 is 1.38 bits per heavy atom. The lowest BCUT2D eigenvalue weighted by Gasteiger charge is -2.13. The summed E-state index contributed by atoms with van der Waals surface area (Å²) in [6, 6.07) is 6.31. The molecule has 0 atom stereocenters. The number of hydrogen-bond acceptors (Lipinski definition) is 4. The number of benzene rings is 2. The molecular formula is C13H13ClN2O4S. The highest BCUT2D eigenvalue weighted by atomic mass is 35.5. The van der Waals surface area contributed by atoms with Crippen molar-refractivity contribution >= 4 is 49.8 Å². The number of nitrogens with one attached hydrogen (secondary N) is 1. The number of rotatable bonds is 3. The lowest BCUT2D eigenvalue weighted by molar-refractivity contribution is -0.113. The van der Waals surface area contributed by atoms with Crippen molar-refractivity contribution in [2.75, 3.05) is 16.9 Å². The second-order valence-electron chi connectivity index (χ2n) is 4.49. The Morgan fingerprint density at radius 2 is 2.05 bits per heavy atom. The zero-order valence-electron chi connectivity index (χ0n) is 11.1. The first-order valence-corrected chi connectivity index (χ1v) is 7.88. The Labute approximate surface area is 126 Å². The van der Waals surface area contributed by atoms with Crippen LogP contribution in [0.3, 0.4) is 0 Å². The fraction of sp³-hybridized carbons (Fsp3) is 0.154. The first-order chi connectivity index (χ1) is 9.75. The number of amides is 1. The predicted molar refractivity (Wildman–Crippen MR) is 82.3 cm³/mol. The molecule has 6 nitrogen and oxygen atoms in total. The summed E-state index contributed by atoms with van der Waals surface area (Å²) in [4.78, 5) is 11.1. The number of aryl methyl sites for hydroxylation is 1. The molecule has 0 heterocycles. The average Bonchev–Trinajstić information content (AvgIpc) is 2.39. The predicted octanol–water partition coefficient (Wildman–Crippen LogP) is 2.15. The van der Waals surface area contributed by atoms with Crippen LogP contribution in [0.25, 0.3) is 10.8 Å². The third-order valence-corrected chi connectivity index (χ3v) is 4.23. The Kier molecular flexibility index (Phi) is 4.08. The summed E-state index contributed by atoms with van der Waals surface area (Å²) >= 11 is 5.45. The molecule has 112 valence electrons. The number of nitrogens with two attached hydrogens (primary N) is 1. The van der Waals surface area contributed by atoms with Gasteiger partial charge in [-0.05, 0) is 24.6 Å². The summed E-state index contributed by atoms with van der Waals surface area (Å²) in [5, 5.41) is 3.26. The van der Waals surface area contributed by atoms with Crippen LogP contribution in [0.1, 0.15) is 5.56 Å². The number of hydrogen-bond donors (Lipinski definition) is 3. The number of anilines is 2. The standard InChI is InChI=1S/C13H13ClN2O4S/c1-7-5-9-8(13(12(7)15)21(18,19)20)3-2-4-10(9)16-11(17)6-14/h2-5H,6,15H2,1H3,(H,16,17)(H,18,19,20). The molecular weight excluding hydrogens is 316 g/mol. The Balaban J connectivity index is 2.85. The van der Waals surface area contributed by atoms with Gasteiger partial charge in [0.2, 0.25) is 5.91 Å². The monoisotopic (exact) mass is 328 g/mol. The SMILES string of the molecule is Cc1cc2c(NC(=O)CCl)cccc2c(S(=O)(=O)O)c1N. The number of halogens is 1. The van der Waals surface area contributed by atoms with E-state index in [1.165, 1.54) is 6.07 Å². The maximum Gasteiger partial charge on any atom is 0.297 e. The van der Waals surface area contributed by atoms with Crippen molar-refractivity contribution in [1.82, 2.24) is 0 Å². The van der Waals surface area contributed by atoms with E-state index in [4.69, 9.17) is 17.3 Å². The summed E-state index contributed by atoms with van der Waals surface area (Å²) in [6.45, 7) is 1.61. The second kappa shape index (κ2) is 5.51. The van der Waals surface area contributed by atoms with Gasteiger partial charge in [-0.15, -0.1) is 11.6 Å².